The quantitative estimate of drug-likeness (QED) is 0.276. The van der Waals surface area contributed by atoms with E-state index in [2.05, 4.69) is 15.8 Å². The van der Waals surface area contributed by atoms with Gasteiger partial charge in [-0.15, -0.1) is 0 Å². The largest absolute Gasteiger partial charge is 0.486 e. The van der Waals surface area contributed by atoms with Crippen molar-refractivity contribution in [3.05, 3.63) is 24.3 Å². The average Bonchev–Trinajstić information content (AvgIpc) is 3.21. The smallest absolute Gasteiger partial charge is 0.319 e. The fourth-order valence-corrected chi connectivity index (χ4v) is 1.40. The van der Waals surface area contributed by atoms with Crippen LogP contribution in [0.3, 0.4) is 0 Å². The zero-order chi connectivity index (χ0) is 13.7. The van der Waals surface area contributed by atoms with Gasteiger partial charge in [-0.1, -0.05) is 5.16 Å². The first kappa shape index (κ1) is 13.0. The Bertz CT molecular complexity index is 468. The van der Waals surface area contributed by atoms with E-state index in [-0.39, 0.29) is 18.5 Å². The van der Waals surface area contributed by atoms with E-state index in [0.29, 0.717) is 17.5 Å². The summed E-state index contributed by atoms with van der Waals surface area (Å²) in [5.74, 6) is 0.561. The third-order valence-corrected chi connectivity index (χ3v) is 2.54. The second kappa shape index (κ2) is 5.94. The number of rotatable bonds is 5. The third kappa shape index (κ3) is 4.38. The first-order chi connectivity index (χ1) is 9.17. The van der Waals surface area contributed by atoms with Crippen LogP contribution in [0.25, 0.3) is 0 Å². The Morgan fingerprint density at radius 1 is 1.42 bits per heavy atom. The Morgan fingerprint density at radius 2 is 2.11 bits per heavy atom. The third-order valence-electron chi connectivity index (χ3n) is 2.54. The van der Waals surface area contributed by atoms with Crippen LogP contribution in [0.15, 0.2) is 29.4 Å². The van der Waals surface area contributed by atoms with E-state index in [9.17, 15) is 4.79 Å². The molecule has 0 aromatic heterocycles. The van der Waals surface area contributed by atoms with Crippen LogP contribution in [0.4, 0.5) is 10.5 Å². The fourth-order valence-electron chi connectivity index (χ4n) is 1.40. The first-order valence-corrected chi connectivity index (χ1v) is 5.94. The highest BCUT2D eigenvalue weighted by atomic mass is 16.5. The number of benzene rings is 1. The highest BCUT2D eigenvalue weighted by Gasteiger charge is 2.23. The van der Waals surface area contributed by atoms with Crippen LogP contribution in [0, 0.1) is 0 Å². The molecule has 0 heterocycles. The Labute approximate surface area is 110 Å². The molecule has 0 unspecified atom stereocenters. The molecule has 0 aliphatic heterocycles. The van der Waals surface area contributed by atoms with E-state index >= 15 is 0 Å². The minimum atomic E-state index is -0.201. The Kier molecular flexibility index (Phi) is 4.07. The van der Waals surface area contributed by atoms with E-state index in [0.717, 1.165) is 12.8 Å². The summed E-state index contributed by atoms with van der Waals surface area (Å²) in [6, 6.07) is 6.94. The number of urea groups is 1. The monoisotopic (exact) mass is 264 g/mol. The summed E-state index contributed by atoms with van der Waals surface area (Å²) in [4.78, 5) is 11.5. The second-order valence-corrected chi connectivity index (χ2v) is 4.28. The summed E-state index contributed by atoms with van der Waals surface area (Å²) < 4.78 is 5.25. The molecule has 1 fully saturated rings. The summed E-state index contributed by atoms with van der Waals surface area (Å²) in [7, 11) is 0. The van der Waals surface area contributed by atoms with Gasteiger partial charge in [-0.25, -0.2) is 4.79 Å². The highest BCUT2D eigenvalue weighted by molar-refractivity contribution is 5.89. The SMILES string of the molecule is NC(COc1ccc(NC(=O)NC2CC2)cc1)=NO. The molecule has 2 amide bonds. The normalized spacial score (nSPS) is 14.8. The molecule has 1 aliphatic rings. The van der Waals surface area contributed by atoms with Crippen molar-refractivity contribution in [3.63, 3.8) is 0 Å². The average molecular weight is 264 g/mol. The van der Waals surface area contributed by atoms with Crippen molar-refractivity contribution in [2.75, 3.05) is 11.9 Å². The number of amides is 2. The summed E-state index contributed by atoms with van der Waals surface area (Å²) in [6.45, 7) is 0.00540. The van der Waals surface area contributed by atoms with E-state index in [1.165, 1.54) is 0 Å². The van der Waals surface area contributed by atoms with Gasteiger partial charge in [0.1, 0.15) is 12.4 Å². The van der Waals surface area contributed by atoms with Crippen LogP contribution in [0.5, 0.6) is 5.75 Å². The van der Waals surface area contributed by atoms with Crippen molar-refractivity contribution in [3.8, 4) is 5.75 Å². The van der Waals surface area contributed by atoms with Crippen LogP contribution < -0.4 is 21.1 Å². The molecule has 7 nitrogen and oxygen atoms in total. The number of hydrogen-bond donors (Lipinski definition) is 4. The van der Waals surface area contributed by atoms with Gasteiger partial charge < -0.3 is 26.3 Å². The molecule has 1 aromatic carbocycles. The van der Waals surface area contributed by atoms with Crippen LogP contribution in [0.2, 0.25) is 0 Å². The summed E-state index contributed by atoms with van der Waals surface area (Å²) in [5.41, 5.74) is 5.95. The lowest BCUT2D eigenvalue weighted by Crippen LogP contribution is -2.30. The number of nitrogens with one attached hydrogen (secondary N) is 2. The molecular formula is C12H16N4O3. The van der Waals surface area contributed by atoms with Crippen LogP contribution in [-0.2, 0) is 0 Å². The Hall–Kier alpha value is -2.44. The summed E-state index contributed by atoms with van der Waals surface area (Å²) in [5, 5.41) is 16.7. The maximum Gasteiger partial charge on any atom is 0.319 e. The zero-order valence-corrected chi connectivity index (χ0v) is 10.3. The Morgan fingerprint density at radius 3 is 2.68 bits per heavy atom. The van der Waals surface area contributed by atoms with Crippen molar-refractivity contribution < 1.29 is 14.7 Å². The number of nitrogens with two attached hydrogens (primary N) is 1. The maximum atomic E-state index is 11.5. The highest BCUT2D eigenvalue weighted by Crippen LogP contribution is 2.19. The van der Waals surface area contributed by atoms with Gasteiger partial charge in [0.2, 0.25) is 0 Å². The Balaban J connectivity index is 1.81. The van der Waals surface area contributed by atoms with Crippen molar-refractivity contribution in [2.45, 2.75) is 18.9 Å². The lowest BCUT2D eigenvalue weighted by molar-refractivity contribution is 0.251. The number of carbonyl (C=O) groups excluding carboxylic acids is 1. The molecule has 0 saturated heterocycles. The van der Waals surface area contributed by atoms with Crippen LogP contribution >= 0.6 is 0 Å². The molecule has 0 spiro atoms. The van der Waals surface area contributed by atoms with Crippen molar-refractivity contribution in [2.24, 2.45) is 10.9 Å². The molecule has 19 heavy (non-hydrogen) atoms. The standard InChI is InChI=1S/C12H16N4O3/c13-11(16-18)7-19-10-5-3-9(4-6-10)15-12(17)14-8-1-2-8/h3-6,8,18H,1-2,7H2,(H2,13,16)(H2,14,15,17). The summed E-state index contributed by atoms with van der Waals surface area (Å²) >= 11 is 0. The minimum Gasteiger partial charge on any atom is -0.486 e. The van der Waals surface area contributed by atoms with Crippen molar-refractivity contribution >= 4 is 17.6 Å². The minimum absolute atomic E-state index is 0.00540. The van der Waals surface area contributed by atoms with Crippen molar-refractivity contribution in [1.29, 1.82) is 0 Å². The lowest BCUT2D eigenvalue weighted by Gasteiger charge is -2.08. The molecule has 102 valence electrons. The number of oxime groups is 1. The fraction of sp³-hybridized carbons (Fsp3) is 0.333. The molecule has 2 rings (SSSR count). The number of anilines is 1. The molecular weight excluding hydrogens is 248 g/mol. The molecule has 1 saturated carbocycles. The molecule has 1 aromatic rings. The number of nitrogens with zero attached hydrogens (tertiary/aromatic N) is 1. The van der Waals surface area contributed by atoms with E-state index in [4.69, 9.17) is 15.7 Å². The molecule has 0 atom stereocenters. The zero-order valence-electron chi connectivity index (χ0n) is 10.3. The van der Waals surface area contributed by atoms with Gasteiger partial charge in [-0.2, -0.15) is 0 Å². The van der Waals surface area contributed by atoms with Gasteiger partial charge in [-0.05, 0) is 37.1 Å². The van der Waals surface area contributed by atoms with Gasteiger partial charge in [-0.3, -0.25) is 0 Å². The molecule has 1 aliphatic carbocycles. The number of amidine groups is 1. The van der Waals surface area contributed by atoms with E-state index in [1.54, 1.807) is 24.3 Å². The predicted molar refractivity (Wildman–Crippen MR) is 70.5 cm³/mol. The maximum absolute atomic E-state index is 11.5. The van der Waals surface area contributed by atoms with Gasteiger partial charge in [0.25, 0.3) is 0 Å². The second-order valence-electron chi connectivity index (χ2n) is 4.28. The number of hydrogen-bond acceptors (Lipinski definition) is 4. The first-order valence-electron chi connectivity index (χ1n) is 5.94. The van der Waals surface area contributed by atoms with E-state index in [1.807, 2.05) is 0 Å². The molecule has 0 radical (unpaired) electrons. The van der Waals surface area contributed by atoms with Gasteiger partial charge in [0.05, 0.1) is 0 Å². The van der Waals surface area contributed by atoms with Crippen molar-refractivity contribution in [1.82, 2.24) is 5.32 Å². The van der Waals surface area contributed by atoms with Gasteiger partial charge >= 0.3 is 6.03 Å². The molecule has 5 N–H and O–H groups in total. The number of carbonyl (C=O) groups is 1. The van der Waals surface area contributed by atoms with Gasteiger partial charge in [0.15, 0.2) is 5.84 Å². The van der Waals surface area contributed by atoms with E-state index < -0.39 is 0 Å². The van der Waals surface area contributed by atoms with Crippen LogP contribution in [-0.4, -0.2) is 29.7 Å². The molecule has 7 heteroatoms. The predicted octanol–water partition coefficient (Wildman–Crippen LogP) is 1.10. The topological polar surface area (TPSA) is 109 Å². The summed E-state index contributed by atoms with van der Waals surface area (Å²) in [6.07, 6.45) is 2.10. The number of ether oxygens (including phenoxy) is 1. The van der Waals surface area contributed by atoms with Crippen LogP contribution in [0.1, 0.15) is 12.8 Å². The molecule has 0 bridgehead atoms. The lowest BCUT2D eigenvalue weighted by atomic mass is 10.3. The van der Waals surface area contributed by atoms with Gasteiger partial charge in [0, 0.05) is 11.7 Å².